The number of benzene rings is 1. The van der Waals surface area contributed by atoms with E-state index >= 15 is 0 Å². The molecule has 3 aromatic rings. The Morgan fingerprint density at radius 3 is 3.00 bits per heavy atom. The monoisotopic (exact) mass is 301 g/mol. The van der Waals surface area contributed by atoms with E-state index in [0.29, 0.717) is 24.0 Å². The Balaban J connectivity index is 1.75. The fourth-order valence-corrected chi connectivity index (χ4v) is 2.17. The van der Waals surface area contributed by atoms with Gasteiger partial charge in [0.25, 0.3) is 0 Å². The highest BCUT2D eigenvalue weighted by atomic mass is 19.1. The van der Waals surface area contributed by atoms with E-state index in [0.717, 1.165) is 17.8 Å². The molecular formula is C15H16FN5O. The third kappa shape index (κ3) is 2.83. The van der Waals surface area contributed by atoms with Crippen LogP contribution in [0, 0.1) is 12.7 Å². The topological polar surface area (TPSA) is 68.8 Å². The van der Waals surface area contributed by atoms with Gasteiger partial charge in [-0.2, -0.15) is 0 Å². The minimum atomic E-state index is -0.333. The minimum absolute atomic E-state index is 0.294. The van der Waals surface area contributed by atoms with Crippen molar-refractivity contribution >= 4 is 6.01 Å². The lowest BCUT2D eigenvalue weighted by molar-refractivity contribution is 0.576. The number of hydrogen-bond donors (Lipinski definition) is 1. The summed E-state index contributed by atoms with van der Waals surface area (Å²) in [6.45, 7) is 5.28. The molecule has 0 aliphatic carbocycles. The Morgan fingerprint density at radius 2 is 2.18 bits per heavy atom. The highest BCUT2D eigenvalue weighted by Crippen LogP contribution is 2.24. The molecular weight excluding hydrogens is 285 g/mol. The van der Waals surface area contributed by atoms with Crippen LogP contribution in [0.25, 0.3) is 11.5 Å². The van der Waals surface area contributed by atoms with Crippen molar-refractivity contribution in [3.05, 3.63) is 47.8 Å². The number of aromatic nitrogens is 4. The molecule has 3 rings (SSSR count). The SMILES string of the molecule is CCn1cncc1CNc1nnc(-c2cc(F)ccc2C)o1. The normalized spacial score (nSPS) is 10.9. The summed E-state index contributed by atoms with van der Waals surface area (Å²) in [5, 5.41) is 11.0. The van der Waals surface area contributed by atoms with Gasteiger partial charge in [0.1, 0.15) is 5.82 Å². The average molecular weight is 301 g/mol. The largest absolute Gasteiger partial charge is 0.403 e. The van der Waals surface area contributed by atoms with Crippen molar-refractivity contribution in [2.75, 3.05) is 5.32 Å². The van der Waals surface area contributed by atoms with Gasteiger partial charge in [-0.05, 0) is 31.5 Å². The summed E-state index contributed by atoms with van der Waals surface area (Å²) in [4.78, 5) is 4.09. The highest BCUT2D eigenvalue weighted by molar-refractivity contribution is 5.58. The van der Waals surface area contributed by atoms with Crippen LogP contribution in [0.1, 0.15) is 18.2 Å². The van der Waals surface area contributed by atoms with Crippen molar-refractivity contribution in [2.45, 2.75) is 26.9 Å². The van der Waals surface area contributed by atoms with Crippen LogP contribution >= 0.6 is 0 Å². The van der Waals surface area contributed by atoms with E-state index in [9.17, 15) is 4.39 Å². The quantitative estimate of drug-likeness (QED) is 0.784. The van der Waals surface area contributed by atoms with Crippen LogP contribution in [0.5, 0.6) is 0 Å². The van der Waals surface area contributed by atoms with E-state index in [2.05, 4.69) is 20.5 Å². The predicted octanol–water partition coefficient (Wildman–Crippen LogP) is 3.01. The van der Waals surface area contributed by atoms with Crippen molar-refractivity contribution in [3.63, 3.8) is 0 Å². The van der Waals surface area contributed by atoms with Crippen LogP contribution in [0.3, 0.4) is 0 Å². The second-order valence-corrected chi connectivity index (χ2v) is 4.90. The molecule has 0 amide bonds. The second kappa shape index (κ2) is 5.97. The van der Waals surface area contributed by atoms with Gasteiger partial charge >= 0.3 is 6.01 Å². The van der Waals surface area contributed by atoms with Gasteiger partial charge in [0.05, 0.1) is 18.6 Å². The fourth-order valence-electron chi connectivity index (χ4n) is 2.17. The first kappa shape index (κ1) is 14.2. The lowest BCUT2D eigenvalue weighted by Crippen LogP contribution is -2.06. The van der Waals surface area contributed by atoms with Crippen molar-refractivity contribution in [2.24, 2.45) is 0 Å². The molecule has 0 aliphatic rings. The van der Waals surface area contributed by atoms with Gasteiger partial charge in [-0.25, -0.2) is 9.37 Å². The molecule has 0 saturated heterocycles. The molecule has 0 spiro atoms. The van der Waals surface area contributed by atoms with Crippen LogP contribution in [0.15, 0.2) is 35.1 Å². The minimum Gasteiger partial charge on any atom is -0.403 e. The van der Waals surface area contributed by atoms with Gasteiger partial charge in [-0.3, -0.25) is 0 Å². The first-order valence-corrected chi connectivity index (χ1v) is 7.00. The summed E-state index contributed by atoms with van der Waals surface area (Å²) in [6, 6.07) is 4.77. The summed E-state index contributed by atoms with van der Waals surface area (Å²) < 4.78 is 20.9. The first-order valence-electron chi connectivity index (χ1n) is 7.00. The molecule has 114 valence electrons. The van der Waals surface area contributed by atoms with Crippen molar-refractivity contribution in [1.82, 2.24) is 19.7 Å². The summed E-state index contributed by atoms with van der Waals surface area (Å²) in [5.41, 5.74) is 2.49. The molecule has 1 N–H and O–H groups in total. The Kier molecular flexibility index (Phi) is 3.86. The van der Waals surface area contributed by atoms with Gasteiger partial charge in [-0.15, -0.1) is 5.10 Å². The molecule has 0 saturated carbocycles. The highest BCUT2D eigenvalue weighted by Gasteiger charge is 2.12. The standard InChI is InChI=1S/C15H16FN5O/c1-3-21-9-17-7-12(21)8-18-15-20-19-14(22-15)13-6-11(16)5-4-10(13)2/h4-7,9H,3,8H2,1-2H3,(H,18,20). The average Bonchev–Trinajstić information content (AvgIpc) is 3.16. The maximum Gasteiger partial charge on any atom is 0.316 e. The van der Waals surface area contributed by atoms with Crippen LogP contribution in [0.4, 0.5) is 10.4 Å². The van der Waals surface area contributed by atoms with Crippen LogP contribution in [-0.2, 0) is 13.1 Å². The molecule has 6 nitrogen and oxygen atoms in total. The third-order valence-corrected chi connectivity index (χ3v) is 3.41. The number of aryl methyl sites for hydroxylation is 2. The molecule has 2 heterocycles. The lowest BCUT2D eigenvalue weighted by Gasteiger charge is -2.04. The molecule has 0 bridgehead atoms. The zero-order chi connectivity index (χ0) is 15.5. The summed E-state index contributed by atoms with van der Waals surface area (Å²) in [7, 11) is 0. The van der Waals surface area contributed by atoms with Gasteiger partial charge in [0.2, 0.25) is 5.89 Å². The van der Waals surface area contributed by atoms with Crippen molar-refractivity contribution in [1.29, 1.82) is 0 Å². The van der Waals surface area contributed by atoms with Crippen LogP contribution < -0.4 is 5.32 Å². The molecule has 7 heteroatoms. The number of hydrogen-bond acceptors (Lipinski definition) is 5. The van der Waals surface area contributed by atoms with E-state index in [1.165, 1.54) is 12.1 Å². The van der Waals surface area contributed by atoms with Gasteiger partial charge in [0.15, 0.2) is 0 Å². The molecule has 22 heavy (non-hydrogen) atoms. The number of nitrogens with one attached hydrogen (secondary N) is 1. The van der Waals surface area contributed by atoms with Crippen LogP contribution in [-0.4, -0.2) is 19.7 Å². The van der Waals surface area contributed by atoms with Crippen molar-refractivity contribution < 1.29 is 8.81 Å². The van der Waals surface area contributed by atoms with E-state index in [-0.39, 0.29) is 5.82 Å². The van der Waals surface area contributed by atoms with Gasteiger partial charge in [-0.1, -0.05) is 11.2 Å². The smallest absolute Gasteiger partial charge is 0.316 e. The summed E-state index contributed by atoms with van der Waals surface area (Å²) >= 11 is 0. The maximum atomic E-state index is 13.3. The first-order chi connectivity index (χ1) is 10.7. The Bertz CT molecular complexity index is 780. The number of imidazole rings is 1. The van der Waals surface area contributed by atoms with Crippen LogP contribution in [0.2, 0.25) is 0 Å². The van der Waals surface area contributed by atoms with E-state index < -0.39 is 0 Å². The molecule has 1 aromatic carbocycles. The van der Waals surface area contributed by atoms with Gasteiger partial charge in [0, 0.05) is 18.3 Å². The van der Waals surface area contributed by atoms with Crippen molar-refractivity contribution in [3.8, 4) is 11.5 Å². The van der Waals surface area contributed by atoms with E-state index in [1.807, 2.05) is 18.4 Å². The van der Waals surface area contributed by atoms with E-state index in [4.69, 9.17) is 4.42 Å². The summed E-state index contributed by atoms with van der Waals surface area (Å²) in [5.74, 6) is -0.0383. The molecule has 0 atom stereocenters. The second-order valence-electron chi connectivity index (χ2n) is 4.90. The molecule has 2 aromatic heterocycles. The zero-order valence-electron chi connectivity index (χ0n) is 12.4. The van der Waals surface area contributed by atoms with Gasteiger partial charge < -0.3 is 14.3 Å². The lowest BCUT2D eigenvalue weighted by atomic mass is 10.1. The van der Waals surface area contributed by atoms with E-state index in [1.54, 1.807) is 18.6 Å². The summed E-state index contributed by atoms with van der Waals surface area (Å²) in [6.07, 6.45) is 3.55. The number of nitrogens with zero attached hydrogens (tertiary/aromatic N) is 4. The predicted molar refractivity (Wildman–Crippen MR) is 79.7 cm³/mol. The zero-order valence-corrected chi connectivity index (χ0v) is 12.4. The number of rotatable bonds is 5. The number of anilines is 1. The Labute approximate surface area is 127 Å². The fraction of sp³-hybridized carbons (Fsp3) is 0.267. The molecule has 0 radical (unpaired) electrons. The Hall–Kier alpha value is -2.70. The number of halogens is 1. The Morgan fingerprint density at radius 1 is 1.32 bits per heavy atom. The maximum absolute atomic E-state index is 13.3. The molecule has 0 fully saturated rings. The third-order valence-electron chi connectivity index (χ3n) is 3.41. The molecule has 0 aliphatic heterocycles. The molecule has 0 unspecified atom stereocenters.